The van der Waals surface area contributed by atoms with Crippen molar-refractivity contribution in [1.29, 1.82) is 0 Å². The second-order valence-corrected chi connectivity index (χ2v) is 6.18. The molecular weight excluding hydrogens is 266 g/mol. The quantitative estimate of drug-likeness (QED) is 0.926. The van der Waals surface area contributed by atoms with Crippen molar-refractivity contribution in [2.24, 2.45) is 11.8 Å². The average molecular weight is 287 g/mol. The highest BCUT2D eigenvalue weighted by molar-refractivity contribution is 5.81. The van der Waals surface area contributed by atoms with Crippen molar-refractivity contribution in [3.05, 3.63) is 35.9 Å². The topological polar surface area (TPSA) is 57.6 Å². The summed E-state index contributed by atoms with van der Waals surface area (Å²) in [5.41, 5.74) is 0.942. The van der Waals surface area contributed by atoms with Crippen molar-refractivity contribution in [3.8, 4) is 0 Å². The number of amides is 1. The fraction of sp³-hybridized carbons (Fsp3) is 0.529. The Kier molecular flexibility index (Phi) is 3.95. The molecule has 1 aromatic carbocycles. The predicted molar refractivity (Wildman–Crippen MR) is 78.6 cm³/mol. The van der Waals surface area contributed by atoms with Crippen LogP contribution in [-0.2, 0) is 9.59 Å². The van der Waals surface area contributed by atoms with Crippen LogP contribution in [0.4, 0.5) is 0 Å². The molecule has 0 radical (unpaired) electrons. The second-order valence-electron chi connectivity index (χ2n) is 6.18. The van der Waals surface area contributed by atoms with E-state index in [-0.39, 0.29) is 11.9 Å². The Labute approximate surface area is 124 Å². The van der Waals surface area contributed by atoms with E-state index in [2.05, 4.69) is 0 Å². The van der Waals surface area contributed by atoms with Gasteiger partial charge in [-0.1, -0.05) is 36.8 Å². The van der Waals surface area contributed by atoms with E-state index in [1.807, 2.05) is 35.2 Å². The lowest BCUT2D eigenvalue weighted by Crippen LogP contribution is -2.47. The molecule has 1 N–H and O–H groups in total. The Bertz CT molecular complexity index is 524. The van der Waals surface area contributed by atoms with Gasteiger partial charge in [0.1, 0.15) is 0 Å². The minimum Gasteiger partial charge on any atom is -0.481 e. The number of carboxylic acid groups (broad SMARTS) is 1. The van der Waals surface area contributed by atoms with Crippen molar-refractivity contribution < 1.29 is 14.7 Å². The Morgan fingerprint density at radius 3 is 2.48 bits per heavy atom. The smallest absolute Gasteiger partial charge is 0.308 e. The minimum atomic E-state index is -0.796. The maximum Gasteiger partial charge on any atom is 0.308 e. The molecule has 4 nitrogen and oxygen atoms in total. The number of hydrogen-bond acceptors (Lipinski definition) is 2. The van der Waals surface area contributed by atoms with Crippen LogP contribution in [-0.4, -0.2) is 28.4 Å². The van der Waals surface area contributed by atoms with E-state index in [4.69, 9.17) is 0 Å². The second kappa shape index (κ2) is 5.88. The molecule has 0 aromatic heterocycles. The predicted octanol–water partition coefficient (Wildman–Crippen LogP) is 2.85. The molecule has 0 unspecified atom stereocenters. The number of likely N-dealkylation sites (tertiary alicyclic amines) is 1. The molecule has 4 heteroatoms. The maximum atomic E-state index is 12.4. The fourth-order valence-electron chi connectivity index (χ4n) is 3.44. The number of rotatable bonds is 4. The van der Waals surface area contributed by atoms with Crippen LogP contribution in [0.5, 0.6) is 0 Å². The molecule has 112 valence electrons. The number of piperidine rings is 1. The van der Waals surface area contributed by atoms with E-state index in [0.717, 1.165) is 18.4 Å². The van der Waals surface area contributed by atoms with E-state index >= 15 is 0 Å². The van der Waals surface area contributed by atoms with Crippen molar-refractivity contribution in [1.82, 2.24) is 4.90 Å². The number of carboxylic acids is 1. The van der Waals surface area contributed by atoms with E-state index in [1.54, 1.807) is 0 Å². The number of carbonyl (C=O) groups is 2. The first-order valence-electron chi connectivity index (χ1n) is 7.74. The first-order valence-corrected chi connectivity index (χ1v) is 7.74. The van der Waals surface area contributed by atoms with Gasteiger partial charge < -0.3 is 10.0 Å². The van der Waals surface area contributed by atoms with Gasteiger partial charge in [0.15, 0.2) is 0 Å². The number of aliphatic carboxylic acids is 1. The van der Waals surface area contributed by atoms with Gasteiger partial charge in [0, 0.05) is 13.0 Å². The molecule has 1 amide bonds. The molecule has 3 rings (SSSR count). The zero-order chi connectivity index (χ0) is 14.8. The molecule has 2 aliphatic rings. The summed E-state index contributed by atoms with van der Waals surface area (Å²) in [6, 6.07) is 9.30. The number of benzene rings is 1. The zero-order valence-electron chi connectivity index (χ0n) is 12.1. The van der Waals surface area contributed by atoms with Gasteiger partial charge in [0.2, 0.25) is 5.91 Å². The van der Waals surface area contributed by atoms with E-state index in [0.29, 0.717) is 25.3 Å². The van der Waals surface area contributed by atoms with Crippen LogP contribution in [0.3, 0.4) is 0 Å². The number of nitrogens with zero attached hydrogens (tertiary/aromatic N) is 1. The van der Waals surface area contributed by atoms with Crippen LogP contribution in [0, 0.1) is 11.8 Å². The minimum absolute atomic E-state index is 0.105. The normalized spacial score (nSPS) is 26.5. The molecule has 0 bridgehead atoms. The molecular formula is C17H21NO3. The zero-order valence-corrected chi connectivity index (χ0v) is 12.1. The third-order valence-corrected chi connectivity index (χ3v) is 4.84. The Morgan fingerprint density at radius 2 is 1.90 bits per heavy atom. The summed E-state index contributed by atoms with van der Waals surface area (Å²) in [4.78, 5) is 25.8. The van der Waals surface area contributed by atoms with Gasteiger partial charge in [-0.05, 0) is 30.7 Å². The van der Waals surface area contributed by atoms with Gasteiger partial charge in [0.25, 0.3) is 0 Å². The molecule has 1 aliphatic heterocycles. The first kappa shape index (κ1) is 14.1. The van der Waals surface area contributed by atoms with Gasteiger partial charge in [-0.25, -0.2) is 0 Å². The van der Waals surface area contributed by atoms with Gasteiger partial charge in [0.05, 0.1) is 12.0 Å². The highest BCUT2D eigenvalue weighted by atomic mass is 16.4. The van der Waals surface area contributed by atoms with Crippen molar-refractivity contribution in [3.63, 3.8) is 0 Å². The van der Waals surface area contributed by atoms with E-state index in [1.165, 1.54) is 6.42 Å². The molecule has 1 heterocycles. The number of carbonyl (C=O) groups excluding carboxylic acids is 1. The summed E-state index contributed by atoms with van der Waals surface area (Å²) >= 11 is 0. The van der Waals surface area contributed by atoms with Crippen LogP contribution in [0.2, 0.25) is 0 Å². The monoisotopic (exact) mass is 287 g/mol. The summed E-state index contributed by atoms with van der Waals surface area (Å²) in [5, 5.41) is 9.54. The highest BCUT2D eigenvalue weighted by Crippen LogP contribution is 2.39. The molecule has 21 heavy (non-hydrogen) atoms. The lowest BCUT2D eigenvalue weighted by atomic mass is 9.80. The van der Waals surface area contributed by atoms with Crippen LogP contribution >= 0.6 is 0 Å². The van der Waals surface area contributed by atoms with Crippen LogP contribution in [0.1, 0.15) is 43.7 Å². The van der Waals surface area contributed by atoms with Crippen LogP contribution < -0.4 is 0 Å². The first-order chi connectivity index (χ1) is 10.2. The van der Waals surface area contributed by atoms with E-state index < -0.39 is 11.9 Å². The molecule has 1 aliphatic carbocycles. The van der Waals surface area contributed by atoms with Crippen LogP contribution in [0.25, 0.3) is 0 Å². The van der Waals surface area contributed by atoms with Gasteiger partial charge in [-0.3, -0.25) is 9.59 Å². The summed E-state index contributed by atoms with van der Waals surface area (Å²) < 4.78 is 0. The summed E-state index contributed by atoms with van der Waals surface area (Å²) in [6.45, 7) is 0.710. The summed E-state index contributed by atoms with van der Waals surface area (Å²) in [6.07, 6.45) is 4.33. The maximum absolute atomic E-state index is 12.4. The third-order valence-electron chi connectivity index (χ3n) is 4.84. The van der Waals surface area contributed by atoms with Crippen LogP contribution in [0.15, 0.2) is 30.3 Å². The molecule has 1 saturated carbocycles. The number of hydrogen-bond donors (Lipinski definition) is 1. The Morgan fingerprint density at radius 1 is 1.19 bits per heavy atom. The summed E-state index contributed by atoms with van der Waals surface area (Å²) in [7, 11) is 0. The van der Waals surface area contributed by atoms with Crippen molar-refractivity contribution >= 4 is 11.9 Å². The lowest BCUT2D eigenvalue weighted by molar-refractivity contribution is -0.153. The fourth-order valence-corrected chi connectivity index (χ4v) is 3.44. The van der Waals surface area contributed by atoms with Crippen molar-refractivity contribution in [2.45, 2.75) is 38.1 Å². The van der Waals surface area contributed by atoms with Gasteiger partial charge in [-0.15, -0.1) is 0 Å². The van der Waals surface area contributed by atoms with E-state index in [9.17, 15) is 14.7 Å². The average Bonchev–Trinajstić information content (AvgIpc) is 2.44. The standard InChI is InChI=1S/C17H21NO3/c19-15-10-9-14(17(20)21)16(13-7-2-1-3-8-13)18(15)11-12-5-4-6-12/h1-3,7-8,12,14,16H,4-6,9-11H2,(H,20,21)/t14-,16-/m0/s1. The molecule has 1 aromatic rings. The molecule has 2 fully saturated rings. The molecule has 0 spiro atoms. The Hall–Kier alpha value is -1.84. The highest BCUT2D eigenvalue weighted by Gasteiger charge is 2.41. The Balaban J connectivity index is 1.91. The third kappa shape index (κ3) is 2.80. The lowest BCUT2D eigenvalue weighted by Gasteiger charge is -2.43. The molecule has 2 atom stereocenters. The van der Waals surface area contributed by atoms with Gasteiger partial charge in [-0.2, -0.15) is 0 Å². The largest absolute Gasteiger partial charge is 0.481 e. The van der Waals surface area contributed by atoms with Crippen molar-refractivity contribution in [2.75, 3.05) is 6.54 Å². The molecule has 1 saturated heterocycles. The summed E-state index contributed by atoms with van der Waals surface area (Å²) in [5.74, 6) is -0.638. The SMILES string of the molecule is O=C(O)[C@H]1CCC(=O)N(CC2CCC2)[C@H]1c1ccccc1. The van der Waals surface area contributed by atoms with Gasteiger partial charge >= 0.3 is 5.97 Å².